The summed E-state index contributed by atoms with van der Waals surface area (Å²) in [6, 6.07) is 13.0. The molecule has 29 heavy (non-hydrogen) atoms. The molecule has 0 N–H and O–H groups in total. The van der Waals surface area contributed by atoms with E-state index in [0.717, 1.165) is 42.9 Å². The zero-order valence-electron chi connectivity index (χ0n) is 18.8. The van der Waals surface area contributed by atoms with Crippen LogP contribution in [-0.2, 0) is 19.4 Å². The number of likely N-dealkylation sites (N-methyl/N-ethyl adjacent to an activating group) is 1. The molecular formula is C26H35NO2. The van der Waals surface area contributed by atoms with Gasteiger partial charge in [0.05, 0.1) is 7.11 Å². The van der Waals surface area contributed by atoms with Gasteiger partial charge in [-0.2, -0.15) is 0 Å². The van der Waals surface area contributed by atoms with Crippen LogP contribution in [0.3, 0.4) is 0 Å². The summed E-state index contributed by atoms with van der Waals surface area (Å²) in [4.78, 5) is 2.25. The number of hydrogen-bond donors (Lipinski definition) is 0. The monoisotopic (exact) mass is 393 g/mol. The Hall–Kier alpha value is -2.26. The fourth-order valence-electron chi connectivity index (χ4n) is 4.14. The molecule has 3 heteroatoms. The lowest BCUT2D eigenvalue weighted by Gasteiger charge is -2.24. The zero-order valence-corrected chi connectivity index (χ0v) is 18.8. The van der Waals surface area contributed by atoms with Gasteiger partial charge in [0.1, 0.15) is 18.1 Å². The Labute approximate surface area is 176 Å². The maximum atomic E-state index is 6.14. The minimum atomic E-state index is 0.518. The molecule has 0 unspecified atom stereocenters. The van der Waals surface area contributed by atoms with E-state index in [0.29, 0.717) is 12.5 Å². The van der Waals surface area contributed by atoms with Crippen LogP contribution in [0.2, 0.25) is 0 Å². The topological polar surface area (TPSA) is 21.7 Å². The molecule has 1 aliphatic carbocycles. The van der Waals surface area contributed by atoms with Crippen LogP contribution in [0.4, 0.5) is 0 Å². The molecule has 0 radical (unpaired) electrons. The van der Waals surface area contributed by atoms with E-state index in [1.807, 2.05) is 0 Å². The summed E-state index contributed by atoms with van der Waals surface area (Å²) in [5.74, 6) is 2.47. The third-order valence-electron chi connectivity index (χ3n) is 5.60. The van der Waals surface area contributed by atoms with Crippen LogP contribution in [0.1, 0.15) is 49.4 Å². The third kappa shape index (κ3) is 5.42. The Kier molecular flexibility index (Phi) is 7.02. The number of nitrogens with zero attached hydrogens (tertiary/aromatic N) is 1. The van der Waals surface area contributed by atoms with Crippen LogP contribution in [0, 0.1) is 5.92 Å². The molecule has 0 atom stereocenters. The van der Waals surface area contributed by atoms with Crippen LogP contribution in [0.5, 0.6) is 11.5 Å². The number of aryl methyl sites for hydroxylation is 1. The maximum absolute atomic E-state index is 6.14. The first-order valence-electron chi connectivity index (χ1n) is 10.6. The fraction of sp³-hybridized carbons (Fsp3) is 0.462. The van der Waals surface area contributed by atoms with Crippen molar-refractivity contribution < 1.29 is 9.47 Å². The molecule has 0 spiro atoms. The molecule has 156 valence electrons. The summed E-state index contributed by atoms with van der Waals surface area (Å²) in [5.41, 5.74) is 8.13. The lowest BCUT2D eigenvalue weighted by atomic mass is 9.86. The SMILES string of the molecule is COc1cc(CC(C)C)ccc1COc1ccc2c(c1)CCC(CN(C)C)=C2C. The van der Waals surface area contributed by atoms with E-state index >= 15 is 0 Å². The molecule has 0 amide bonds. The number of rotatable bonds is 8. The van der Waals surface area contributed by atoms with Crippen molar-refractivity contribution in [2.75, 3.05) is 27.7 Å². The van der Waals surface area contributed by atoms with Gasteiger partial charge in [-0.05, 0) is 86.7 Å². The van der Waals surface area contributed by atoms with Gasteiger partial charge < -0.3 is 14.4 Å². The molecule has 3 rings (SSSR count). The lowest BCUT2D eigenvalue weighted by molar-refractivity contribution is 0.296. The standard InChI is InChI=1S/C26H35NO2/c1-18(2)13-20-7-8-23(26(14-20)28-6)17-29-24-11-12-25-19(3)22(16-27(4)5)10-9-21(25)15-24/h7-8,11-12,14-15,18H,9-10,13,16-17H2,1-6H3. The first-order chi connectivity index (χ1) is 13.9. The van der Waals surface area contributed by atoms with Crippen LogP contribution >= 0.6 is 0 Å². The molecule has 0 saturated carbocycles. The molecule has 0 fully saturated rings. The van der Waals surface area contributed by atoms with Crippen LogP contribution in [-0.4, -0.2) is 32.6 Å². The van der Waals surface area contributed by atoms with Gasteiger partial charge in [0.2, 0.25) is 0 Å². The second-order valence-corrected chi connectivity index (χ2v) is 8.82. The van der Waals surface area contributed by atoms with E-state index in [1.54, 1.807) is 12.7 Å². The quantitative estimate of drug-likeness (QED) is 0.570. The number of methoxy groups -OCH3 is 1. The van der Waals surface area contributed by atoms with E-state index in [9.17, 15) is 0 Å². The highest BCUT2D eigenvalue weighted by Gasteiger charge is 2.17. The first-order valence-corrected chi connectivity index (χ1v) is 10.6. The van der Waals surface area contributed by atoms with E-state index in [-0.39, 0.29) is 0 Å². The summed E-state index contributed by atoms with van der Waals surface area (Å²) in [6.45, 7) is 8.28. The van der Waals surface area contributed by atoms with Crippen LogP contribution in [0.15, 0.2) is 42.0 Å². The summed E-state index contributed by atoms with van der Waals surface area (Å²) >= 11 is 0. The average molecular weight is 394 g/mol. The number of benzene rings is 2. The van der Waals surface area contributed by atoms with Gasteiger partial charge in [-0.1, -0.05) is 37.6 Å². The highest BCUT2D eigenvalue weighted by Crippen LogP contribution is 2.34. The smallest absolute Gasteiger partial charge is 0.125 e. The molecule has 0 heterocycles. The van der Waals surface area contributed by atoms with Crippen molar-refractivity contribution in [1.82, 2.24) is 4.90 Å². The second kappa shape index (κ2) is 9.49. The van der Waals surface area contributed by atoms with Crippen molar-refractivity contribution in [3.05, 3.63) is 64.2 Å². The predicted octanol–water partition coefficient (Wildman–Crippen LogP) is 5.75. The van der Waals surface area contributed by atoms with Crippen molar-refractivity contribution in [2.45, 2.75) is 46.6 Å². The van der Waals surface area contributed by atoms with Gasteiger partial charge in [-0.15, -0.1) is 0 Å². The van der Waals surface area contributed by atoms with Gasteiger partial charge in [-0.3, -0.25) is 0 Å². The van der Waals surface area contributed by atoms with E-state index in [2.05, 4.69) is 76.2 Å². The molecule has 0 aromatic heterocycles. The van der Waals surface area contributed by atoms with Crippen molar-refractivity contribution in [2.24, 2.45) is 5.92 Å². The molecule has 0 bridgehead atoms. The number of fused-ring (bicyclic) bond motifs is 1. The van der Waals surface area contributed by atoms with E-state index in [4.69, 9.17) is 9.47 Å². The van der Waals surface area contributed by atoms with Crippen molar-refractivity contribution in [1.29, 1.82) is 0 Å². The van der Waals surface area contributed by atoms with Crippen molar-refractivity contribution >= 4 is 5.57 Å². The fourth-order valence-corrected chi connectivity index (χ4v) is 4.14. The van der Waals surface area contributed by atoms with Crippen LogP contribution in [0.25, 0.3) is 5.57 Å². The Morgan fingerprint density at radius 2 is 1.83 bits per heavy atom. The lowest BCUT2D eigenvalue weighted by Crippen LogP contribution is -2.18. The van der Waals surface area contributed by atoms with Crippen LogP contribution < -0.4 is 9.47 Å². The van der Waals surface area contributed by atoms with Gasteiger partial charge in [-0.25, -0.2) is 0 Å². The summed E-state index contributed by atoms with van der Waals surface area (Å²) < 4.78 is 11.8. The molecule has 2 aromatic carbocycles. The zero-order chi connectivity index (χ0) is 21.0. The molecule has 0 aliphatic heterocycles. The summed E-state index contributed by atoms with van der Waals surface area (Å²) in [6.07, 6.45) is 3.27. The van der Waals surface area contributed by atoms with Gasteiger partial charge in [0, 0.05) is 12.1 Å². The number of ether oxygens (including phenoxy) is 2. The van der Waals surface area contributed by atoms with Gasteiger partial charge in [0.25, 0.3) is 0 Å². The average Bonchev–Trinajstić information content (AvgIpc) is 2.68. The minimum Gasteiger partial charge on any atom is -0.496 e. The Bertz CT molecular complexity index is 880. The molecule has 1 aliphatic rings. The Morgan fingerprint density at radius 3 is 2.52 bits per heavy atom. The second-order valence-electron chi connectivity index (χ2n) is 8.82. The predicted molar refractivity (Wildman–Crippen MR) is 122 cm³/mol. The summed E-state index contributed by atoms with van der Waals surface area (Å²) in [5, 5.41) is 0. The third-order valence-corrected chi connectivity index (χ3v) is 5.60. The Morgan fingerprint density at radius 1 is 1.03 bits per heavy atom. The van der Waals surface area contributed by atoms with E-state index < -0.39 is 0 Å². The largest absolute Gasteiger partial charge is 0.496 e. The first kappa shape index (κ1) is 21.4. The van der Waals surface area contributed by atoms with Crippen molar-refractivity contribution in [3.8, 4) is 11.5 Å². The van der Waals surface area contributed by atoms with E-state index in [1.165, 1.54) is 22.3 Å². The molecule has 3 nitrogen and oxygen atoms in total. The van der Waals surface area contributed by atoms with Gasteiger partial charge in [0.15, 0.2) is 0 Å². The molecule has 2 aromatic rings. The maximum Gasteiger partial charge on any atom is 0.125 e. The van der Waals surface area contributed by atoms with Crippen molar-refractivity contribution in [3.63, 3.8) is 0 Å². The molecule has 0 saturated heterocycles. The number of allylic oxidation sites excluding steroid dienone is 1. The molecular weight excluding hydrogens is 358 g/mol. The highest BCUT2D eigenvalue weighted by molar-refractivity contribution is 5.72. The van der Waals surface area contributed by atoms with Gasteiger partial charge >= 0.3 is 0 Å². The summed E-state index contributed by atoms with van der Waals surface area (Å²) in [7, 11) is 6.00. The highest BCUT2D eigenvalue weighted by atomic mass is 16.5. The number of hydrogen-bond acceptors (Lipinski definition) is 3. The Balaban J connectivity index is 1.72. The minimum absolute atomic E-state index is 0.518. The normalized spacial score (nSPS) is 13.8.